The lowest BCUT2D eigenvalue weighted by Crippen LogP contribution is -2.06. The van der Waals surface area contributed by atoms with Gasteiger partial charge in [-0.3, -0.25) is 0 Å². The molecule has 0 amide bonds. The molecule has 0 aliphatic carbocycles. The summed E-state index contributed by atoms with van der Waals surface area (Å²) in [6, 6.07) is 9.23. The van der Waals surface area contributed by atoms with Crippen LogP contribution in [0.3, 0.4) is 0 Å². The number of benzene rings is 1. The first-order valence-corrected chi connectivity index (χ1v) is 5.47. The van der Waals surface area contributed by atoms with E-state index in [-0.39, 0.29) is 16.7 Å². The first kappa shape index (κ1) is 14.2. The molecule has 0 saturated carbocycles. The predicted molar refractivity (Wildman–Crippen MR) is 63.3 cm³/mol. The summed E-state index contributed by atoms with van der Waals surface area (Å²) in [5.41, 5.74) is -2.15. The molecule has 21 heavy (non-hydrogen) atoms. The zero-order chi connectivity index (χ0) is 15.6. The Morgan fingerprint density at radius 2 is 1.52 bits per heavy atom. The lowest BCUT2D eigenvalue weighted by molar-refractivity contribution is -0.137. The number of hydrogen-bond donors (Lipinski definition) is 0. The highest BCUT2D eigenvalue weighted by atomic mass is 19.4. The van der Waals surface area contributed by atoms with Gasteiger partial charge in [0.05, 0.1) is 5.56 Å². The quantitative estimate of drug-likeness (QED) is 0.802. The molecule has 1 aromatic carbocycles. The van der Waals surface area contributed by atoms with Crippen molar-refractivity contribution in [2.45, 2.75) is 6.18 Å². The van der Waals surface area contributed by atoms with Gasteiger partial charge in [0.1, 0.15) is 29.3 Å². The van der Waals surface area contributed by atoms with Gasteiger partial charge in [-0.15, -0.1) is 0 Å². The Hall–Kier alpha value is -3.24. The summed E-state index contributed by atoms with van der Waals surface area (Å²) in [5.74, 6) is -0.917. The van der Waals surface area contributed by atoms with Crippen LogP contribution in [-0.4, -0.2) is 0 Å². The van der Waals surface area contributed by atoms with Crippen LogP contribution in [0.4, 0.5) is 13.2 Å². The predicted octanol–water partition coefficient (Wildman–Crippen LogP) is 3.58. The van der Waals surface area contributed by atoms with Crippen molar-refractivity contribution in [2.24, 2.45) is 0 Å². The molecule has 0 atom stereocenters. The van der Waals surface area contributed by atoms with E-state index >= 15 is 0 Å². The van der Waals surface area contributed by atoms with Gasteiger partial charge in [-0.2, -0.15) is 29.0 Å². The molecular weight excluding hydrogens is 283 g/mol. The van der Waals surface area contributed by atoms with E-state index in [1.165, 1.54) is 12.1 Å². The summed E-state index contributed by atoms with van der Waals surface area (Å²) in [5, 5.41) is 26.8. The van der Waals surface area contributed by atoms with Crippen molar-refractivity contribution >= 4 is 0 Å². The van der Waals surface area contributed by atoms with Gasteiger partial charge in [0.2, 0.25) is 5.76 Å². The monoisotopic (exact) mass is 287 g/mol. The molecule has 2 rings (SSSR count). The van der Waals surface area contributed by atoms with Crippen LogP contribution in [0.15, 0.2) is 28.7 Å². The molecule has 0 aliphatic rings. The van der Waals surface area contributed by atoms with Crippen molar-refractivity contribution in [1.82, 2.24) is 0 Å². The second-order valence-corrected chi connectivity index (χ2v) is 3.89. The molecule has 0 unspecified atom stereocenters. The van der Waals surface area contributed by atoms with E-state index in [1.807, 2.05) is 0 Å². The van der Waals surface area contributed by atoms with Crippen LogP contribution in [0.1, 0.15) is 22.5 Å². The van der Waals surface area contributed by atoms with E-state index in [0.717, 1.165) is 12.1 Å². The standard InChI is InChI=1S/C14H4F3N3O/c15-14(16,17)11-4-2-1-3-8(11)13-10(6-19)9(5-18)12(7-20)21-13/h1-4H. The Balaban J connectivity index is 2.83. The van der Waals surface area contributed by atoms with Gasteiger partial charge >= 0.3 is 6.18 Å². The molecule has 0 fully saturated rings. The minimum absolute atomic E-state index is 0.369. The molecule has 7 heteroatoms. The highest BCUT2D eigenvalue weighted by Gasteiger charge is 2.35. The smallest absolute Gasteiger partial charge is 0.417 e. The first-order valence-electron chi connectivity index (χ1n) is 5.47. The molecule has 0 N–H and O–H groups in total. The Kier molecular flexibility index (Phi) is 3.40. The maximum atomic E-state index is 13.0. The van der Waals surface area contributed by atoms with Gasteiger partial charge in [-0.25, -0.2) is 0 Å². The maximum absolute atomic E-state index is 13.0. The van der Waals surface area contributed by atoms with E-state index in [9.17, 15) is 13.2 Å². The van der Waals surface area contributed by atoms with Gasteiger partial charge in [-0.05, 0) is 6.07 Å². The SMILES string of the molecule is N#Cc1oc(-c2ccccc2C(F)(F)F)c(C#N)c1C#N. The maximum Gasteiger partial charge on any atom is 0.417 e. The molecule has 1 heterocycles. The average molecular weight is 287 g/mol. The highest BCUT2D eigenvalue weighted by molar-refractivity contribution is 5.74. The zero-order valence-corrected chi connectivity index (χ0v) is 10.2. The fourth-order valence-corrected chi connectivity index (χ4v) is 1.84. The summed E-state index contributed by atoms with van der Waals surface area (Å²) < 4.78 is 44.0. The second-order valence-electron chi connectivity index (χ2n) is 3.89. The fourth-order valence-electron chi connectivity index (χ4n) is 1.84. The van der Waals surface area contributed by atoms with E-state index < -0.39 is 23.3 Å². The van der Waals surface area contributed by atoms with Crippen molar-refractivity contribution in [1.29, 1.82) is 15.8 Å². The highest BCUT2D eigenvalue weighted by Crippen LogP contribution is 2.39. The fraction of sp³-hybridized carbons (Fsp3) is 0.0714. The van der Waals surface area contributed by atoms with Crippen molar-refractivity contribution in [3.05, 3.63) is 46.7 Å². The van der Waals surface area contributed by atoms with Crippen molar-refractivity contribution in [3.63, 3.8) is 0 Å². The normalized spacial score (nSPS) is 10.5. The third-order valence-electron chi connectivity index (χ3n) is 2.71. The minimum atomic E-state index is -4.66. The van der Waals surface area contributed by atoms with Crippen molar-refractivity contribution in [3.8, 4) is 29.5 Å². The van der Waals surface area contributed by atoms with E-state index in [0.29, 0.717) is 0 Å². The van der Waals surface area contributed by atoms with Gasteiger partial charge in [0.15, 0.2) is 5.76 Å². The number of nitrogens with zero attached hydrogens (tertiary/aromatic N) is 3. The van der Waals surface area contributed by atoms with Gasteiger partial charge in [-0.1, -0.05) is 18.2 Å². The Bertz CT molecular complexity index is 829. The van der Waals surface area contributed by atoms with Crippen LogP contribution in [0.25, 0.3) is 11.3 Å². The van der Waals surface area contributed by atoms with E-state index in [1.54, 1.807) is 18.2 Å². The van der Waals surface area contributed by atoms with Crippen LogP contribution in [0.5, 0.6) is 0 Å². The average Bonchev–Trinajstić information content (AvgIpc) is 2.83. The van der Waals surface area contributed by atoms with Gasteiger partial charge in [0.25, 0.3) is 0 Å². The van der Waals surface area contributed by atoms with Crippen LogP contribution >= 0.6 is 0 Å². The number of alkyl halides is 3. The molecule has 0 saturated heterocycles. The van der Waals surface area contributed by atoms with Crippen LogP contribution in [-0.2, 0) is 6.18 Å². The third-order valence-corrected chi connectivity index (χ3v) is 2.71. The largest absolute Gasteiger partial charge is 0.443 e. The zero-order valence-electron chi connectivity index (χ0n) is 10.2. The molecule has 0 spiro atoms. The molecule has 0 bridgehead atoms. The first-order chi connectivity index (χ1) is 9.93. The summed E-state index contributed by atoms with van der Waals surface area (Å²) in [4.78, 5) is 0. The Morgan fingerprint density at radius 1 is 0.905 bits per heavy atom. The van der Waals surface area contributed by atoms with Gasteiger partial charge in [0, 0.05) is 5.56 Å². The number of rotatable bonds is 1. The molecule has 0 aliphatic heterocycles. The molecular formula is C14H4F3N3O. The molecule has 0 radical (unpaired) electrons. The van der Waals surface area contributed by atoms with E-state index in [4.69, 9.17) is 20.2 Å². The number of hydrogen-bond acceptors (Lipinski definition) is 4. The van der Waals surface area contributed by atoms with E-state index in [2.05, 4.69) is 0 Å². The molecule has 2 aromatic rings. The van der Waals surface area contributed by atoms with Crippen LogP contribution in [0.2, 0.25) is 0 Å². The summed E-state index contributed by atoms with van der Waals surface area (Å²) in [6.45, 7) is 0. The summed E-state index contributed by atoms with van der Waals surface area (Å²) in [7, 11) is 0. The Morgan fingerprint density at radius 3 is 2.05 bits per heavy atom. The molecule has 4 nitrogen and oxygen atoms in total. The Labute approximate surface area is 116 Å². The van der Waals surface area contributed by atoms with Crippen LogP contribution in [0, 0.1) is 34.0 Å². The number of furan rings is 1. The van der Waals surface area contributed by atoms with Gasteiger partial charge < -0.3 is 4.42 Å². The lowest BCUT2D eigenvalue weighted by Gasteiger charge is -2.10. The van der Waals surface area contributed by atoms with Crippen molar-refractivity contribution in [2.75, 3.05) is 0 Å². The summed E-state index contributed by atoms with van der Waals surface area (Å²) >= 11 is 0. The summed E-state index contributed by atoms with van der Waals surface area (Å²) in [6.07, 6.45) is -4.66. The third kappa shape index (κ3) is 2.31. The molecule has 1 aromatic heterocycles. The topological polar surface area (TPSA) is 84.5 Å². The lowest BCUT2D eigenvalue weighted by atomic mass is 10.0. The minimum Gasteiger partial charge on any atom is -0.443 e. The number of halogens is 3. The van der Waals surface area contributed by atoms with Crippen molar-refractivity contribution < 1.29 is 17.6 Å². The number of nitriles is 3. The second kappa shape index (κ2) is 5.03. The molecule has 102 valence electrons. The van der Waals surface area contributed by atoms with Crippen LogP contribution < -0.4 is 0 Å².